The highest BCUT2D eigenvalue weighted by atomic mass is 32.2. The maximum absolute atomic E-state index is 14.2. The highest BCUT2D eigenvalue weighted by molar-refractivity contribution is 7.89. The van der Waals surface area contributed by atoms with E-state index < -0.39 is 21.7 Å². The first-order valence-corrected chi connectivity index (χ1v) is 10.3. The van der Waals surface area contributed by atoms with E-state index >= 15 is 0 Å². The zero-order valence-electron chi connectivity index (χ0n) is 15.0. The predicted octanol–water partition coefficient (Wildman–Crippen LogP) is 2.98. The Bertz CT molecular complexity index is 941. The first-order valence-electron chi connectivity index (χ1n) is 8.87. The Labute approximate surface area is 158 Å². The normalized spacial score (nSPS) is 14.4. The Balaban J connectivity index is 1.89. The van der Waals surface area contributed by atoms with E-state index in [1.165, 1.54) is 0 Å². The predicted molar refractivity (Wildman–Crippen MR) is 103 cm³/mol. The van der Waals surface area contributed by atoms with E-state index in [0.29, 0.717) is 5.69 Å². The van der Waals surface area contributed by atoms with Gasteiger partial charge in [-0.25, -0.2) is 17.5 Å². The largest absolute Gasteiger partial charge is 0.370 e. The Kier molecular flexibility index (Phi) is 5.76. The molecule has 0 bridgehead atoms. The molecular weight excluding hydrogens is 369 g/mol. The van der Waals surface area contributed by atoms with Crippen molar-refractivity contribution in [3.63, 3.8) is 0 Å². The minimum absolute atomic E-state index is 0.149. The molecule has 6 nitrogen and oxygen atoms in total. The smallest absolute Gasteiger partial charge is 0.258 e. The number of halogens is 1. The number of para-hydroxylation sites is 2. The highest BCUT2D eigenvalue weighted by Gasteiger charge is 2.21. The maximum Gasteiger partial charge on any atom is 0.258 e. The van der Waals surface area contributed by atoms with Crippen molar-refractivity contribution < 1.29 is 17.6 Å². The van der Waals surface area contributed by atoms with Gasteiger partial charge in [0.05, 0.1) is 21.8 Å². The van der Waals surface area contributed by atoms with E-state index in [2.05, 4.69) is 14.9 Å². The van der Waals surface area contributed by atoms with Crippen molar-refractivity contribution in [3.8, 4) is 0 Å². The number of sulfonamides is 1. The van der Waals surface area contributed by atoms with Gasteiger partial charge in [0.25, 0.3) is 5.91 Å². The second-order valence-electron chi connectivity index (χ2n) is 6.31. The molecule has 1 fully saturated rings. The molecule has 1 aliphatic heterocycles. The Morgan fingerprint density at radius 1 is 1.15 bits per heavy atom. The SMILES string of the molecule is CCNS(=O)(=O)c1ccc(F)c(C(=O)Nc2ccccc2N2CCCC2)c1. The van der Waals surface area contributed by atoms with Crippen molar-refractivity contribution in [2.75, 3.05) is 29.9 Å². The number of amides is 1. The zero-order valence-corrected chi connectivity index (χ0v) is 15.9. The quantitative estimate of drug-likeness (QED) is 0.794. The van der Waals surface area contributed by atoms with Crippen LogP contribution in [0, 0.1) is 5.82 Å². The molecule has 3 rings (SSSR count). The van der Waals surface area contributed by atoms with Gasteiger partial charge in [-0.15, -0.1) is 0 Å². The van der Waals surface area contributed by atoms with E-state index in [0.717, 1.165) is 49.8 Å². The monoisotopic (exact) mass is 391 g/mol. The van der Waals surface area contributed by atoms with Crippen LogP contribution in [0.5, 0.6) is 0 Å². The summed E-state index contributed by atoms with van der Waals surface area (Å²) in [6.45, 7) is 3.64. The molecule has 0 aromatic heterocycles. The van der Waals surface area contributed by atoms with Gasteiger partial charge < -0.3 is 10.2 Å². The van der Waals surface area contributed by atoms with Crippen LogP contribution in [0.1, 0.15) is 30.1 Å². The van der Waals surface area contributed by atoms with Crippen molar-refractivity contribution in [2.24, 2.45) is 0 Å². The molecule has 0 atom stereocenters. The molecule has 0 radical (unpaired) electrons. The number of carbonyl (C=O) groups excluding carboxylic acids is 1. The Morgan fingerprint density at radius 3 is 2.56 bits per heavy atom. The second-order valence-corrected chi connectivity index (χ2v) is 8.08. The molecule has 0 saturated carbocycles. The fourth-order valence-electron chi connectivity index (χ4n) is 3.12. The van der Waals surface area contributed by atoms with Gasteiger partial charge in [-0.1, -0.05) is 19.1 Å². The molecule has 0 spiro atoms. The minimum Gasteiger partial charge on any atom is -0.370 e. The van der Waals surface area contributed by atoms with Crippen LogP contribution in [0.4, 0.5) is 15.8 Å². The lowest BCUT2D eigenvalue weighted by Gasteiger charge is -2.21. The second kappa shape index (κ2) is 8.06. The fourth-order valence-corrected chi connectivity index (χ4v) is 4.19. The van der Waals surface area contributed by atoms with Crippen LogP contribution in [0.15, 0.2) is 47.4 Å². The third-order valence-corrected chi connectivity index (χ3v) is 5.97. The van der Waals surface area contributed by atoms with Crippen LogP contribution in [-0.4, -0.2) is 34.0 Å². The van der Waals surface area contributed by atoms with E-state index in [9.17, 15) is 17.6 Å². The molecule has 1 amide bonds. The third kappa shape index (κ3) is 4.28. The number of carbonyl (C=O) groups is 1. The van der Waals surface area contributed by atoms with Crippen molar-refractivity contribution >= 4 is 27.3 Å². The Hall–Kier alpha value is -2.45. The van der Waals surface area contributed by atoms with E-state index in [1.807, 2.05) is 12.1 Å². The third-order valence-electron chi connectivity index (χ3n) is 4.43. The number of anilines is 2. The number of hydrogen-bond donors (Lipinski definition) is 2. The molecule has 8 heteroatoms. The maximum atomic E-state index is 14.2. The lowest BCUT2D eigenvalue weighted by molar-refractivity contribution is 0.102. The number of nitrogens with zero attached hydrogens (tertiary/aromatic N) is 1. The summed E-state index contributed by atoms with van der Waals surface area (Å²) in [4.78, 5) is 14.7. The number of nitrogens with one attached hydrogen (secondary N) is 2. The number of benzene rings is 2. The van der Waals surface area contributed by atoms with E-state index in [-0.39, 0.29) is 17.0 Å². The van der Waals surface area contributed by atoms with Gasteiger partial charge in [0.15, 0.2) is 0 Å². The molecule has 1 saturated heterocycles. The lowest BCUT2D eigenvalue weighted by atomic mass is 10.2. The summed E-state index contributed by atoms with van der Waals surface area (Å²) < 4.78 is 40.8. The molecule has 2 aromatic carbocycles. The average Bonchev–Trinajstić information content (AvgIpc) is 3.16. The summed E-state index contributed by atoms with van der Waals surface area (Å²) >= 11 is 0. The highest BCUT2D eigenvalue weighted by Crippen LogP contribution is 2.29. The van der Waals surface area contributed by atoms with Gasteiger partial charge in [0.1, 0.15) is 5.82 Å². The topological polar surface area (TPSA) is 78.5 Å². The molecule has 1 aliphatic rings. The molecule has 1 heterocycles. The molecule has 27 heavy (non-hydrogen) atoms. The zero-order chi connectivity index (χ0) is 19.4. The first kappa shape index (κ1) is 19.3. The standard InChI is InChI=1S/C19H22FN3O3S/c1-2-21-27(25,26)14-9-10-16(20)15(13-14)19(24)22-17-7-3-4-8-18(17)23-11-5-6-12-23/h3-4,7-10,13,21H,2,5-6,11-12H2,1H3,(H,22,24). The molecule has 2 N–H and O–H groups in total. The summed E-state index contributed by atoms with van der Waals surface area (Å²) in [6.07, 6.45) is 2.17. The van der Waals surface area contributed by atoms with Crippen LogP contribution in [0.25, 0.3) is 0 Å². The number of rotatable bonds is 6. The van der Waals surface area contributed by atoms with E-state index in [4.69, 9.17) is 0 Å². The van der Waals surface area contributed by atoms with Gasteiger partial charge >= 0.3 is 0 Å². The minimum atomic E-state index is -3.78. The van der Waals surface area contributed by atoms with Gasteiger partial charge in [0.2, 0.25) is 10.0 Å². The van der Waals surface area contributed by atoms with Crippen molar-refractivity contribution in [1.82, 2.24) is 4.72 Å². The fraction of sp³-hybridized carbons (Fsp3) is 0.316. The Morgan fingerprint density at radius 2 is 1.85 bits per heavy atom. The average molecular weight is 391 g/mol. The van der Waals surface area contributed by atoms with Crippen molar-refractivity contribution in [1.29, 1.82) is 0 Å². The van der Waals surface area contributed by atoms with Gasteiger partial charge in [-0.3, -0.25) is 4.79 Å². The van der Waals surface area contributed by atoms with Gasteiger partial charge in [0, 0.05) is 19.6 Å². The molecule has 0 aliphatic carbocycles. The first-order chi connectivity index (χ1) is 12.9. The summed E-state index contributed by atoms with van der Waals surface area (Å²) in [6, 6.07) is 10.5. The summed E-state index contributed by atoms with van der Waals surface area (Å²) in [5.74, 6) is -1.46. The van der Waals surface area contributed by atoms with Crippen LogP contribution >= 0.6 is 0 Å². The summed E-state index contributed by atoms with van der Waals surface area (Å²) in [5, 5.41) is 2.72. The molecule has 2 aromatic rings. The van der Waals surface area contributed by atoms with Gasteiger partial charge in [-0.2, -0.15) is 0 Å². The van der Waals surface area contributed by atoms with E-state index in [1.54, 1.807) is 19.1 Å². The molecule has 0 unspecified atom stereocenters. The summed E-state index contributed by atoms with van der Waals surface area (Å²) in [7, 11) is -3.78. The molecular formula is C19H22FN3O3S. The van der Waals surface area contributed by atoms with Gasteiger partial charge in [-0.05, 0) is 43.2 Å². The molecule has 144 valence electrons. The van der Waals surface area contributed by atoms with Crippen molar-refractivity contribution in [2.45, 2.75) is 24.7 Å². The van der Waals surface area contributed by atoms with Crippen molar-refractivity contribution in [3.05, 3.63) is 53.8 Å². The van der Waals surface area contributed by atoms with Crippen LogP contribution in [-0.2, 0) is 10.0 Å². The van der Waals surface area contributed by atoms with Crippen LogP contribution in [0.3, 0.4) is 0 Å². The van der Waals surface area contributed by atoms with Crippen LogP contribution in [0.2, 0.25) is 0 Å². The number of hydrogen-bond acceptors (Lipinski definition) is 4. The summed E-state index contributed by atoms with van der Waals surface area (Å²) in [5.41, 5.74) is 1.13. The lowest BCUT2D eigenvalue weighted by Crippen LogP contribution is -2.24. The van der Waals surface area contributed by atoms with Crippen LogP contribution < -0.4 is 14.9 Å².